The SMILES string of the molecule is CC(=O)N[C@H]1C(O[C@@H]2C(O)O[C@H](CO)[C@@H](O)[C@@H]2O)O[C@H](CO)[C@@H](O)[C@@H]1O. The Bertz CT molecular complexity index is 480. The molecule has 2 rings (SSSR count). The van der Waals surface area contributed by atoms with Gasteiger partial charge in [-0.15, -0.1) is 0 Å². The number of rotatable bonds is 5. The van der Waals surface area contributed by atoms with Crippen molar-refractivity contribution in [1.82, 2.24) is 5.32 Å². The summed E-state index contributed by atoms with van der Waals surface area (Å²) >= 11 is 0. The van der Waals surface area contributed by atoms with Crippen LogP contribution in [-0.2, 0) is 19.0 Å². The van der Waals surface area contributed by atoms with Crippen LogP contribution in [0.3, 0.4) is 0 Å². The molecule has 2 aliphatic rings. The predicted molar refractivity (Wildman–Crippen MR) is 80.2 cm³/mol. The van der Waals surface area contributed by atoms with Crippen LogP contribution in [0.1, 0.15) is 6.92 Å². The van der Waals surface area contributed by atoms with Gasteiger partial charge < -0.3 is 55.3 Å². The minimum absolute atomic E-state index is 0.581. The number of ether oxygens (including phenoxy) is 3. The third-order valence-electron chi connectivity index (χ3n) is 4.38. The zero-order valence-electron chi connectivity index (χ0n) is 14.0. The van der Waals surface area contributed by atoms with E-state index in [1.54, 1.807) is 0 Å². The molecule has 0 radical (unpaired) electrons. The second kappa shape index (κ2) is 8.84. The monoisotopic (exact) mass is 383 g/mol. The fourth-order valence-electron chi connectivity index (χ4n) is 2.96. The molecule has 1 amide bonds. The summed E-state index contributed by atoms with van der Waals surface area (Å²) in [5, 5.41) is 70.7. The van der Waals surface area contributed by atoms with Gasteiger partial charge in [0, 0.05) is 6.92 Å². The first-order valence-corrected chi connectivity index (χ1v) is 8.06. The summed E-state index contributed by atoms with van der Waals surface area (Å²) in [5.41, 5.74) is 0. The maximum atomic E-state index is 11.4. The van der Waals surface area contributed by atoms with Gasteiger partial charge in [0.25, 0.3) is 0 Å². The van der Waals surface area contributed by atoms with Crippen molar-refractivity contribution in [2.75, 3.05) is 13.2 Å². The number of aliphatic hydroxyl groups excluding tert-OH is 7. The molecular weight excluding hydrogens is 358 g/mol. The van der Waals surface area contributed by atoms with Gasteiger partial charge in [0.2, 0.25) is 5.91 Å². The van der Waals surface area contributed by atoms with Crippen LogP contribution < -0.4 is 5.32 Å². The molecule has 26 heavy (non-hydrogen) atoms. The molecule has 2 unspecified atom stereocenters. The van der Waals surface area contributed by atoms with Crippen LogP contribution in [0.2, 0.25) is 0 Å². The van der Waals surface area contributed by atoms with Crippen molar-refractivity contribution in [1.29, 1.82) is 0 Å². The lowest BCUT2D eigenvalue weighted by Gasteiger charge is -2.46. The summed E-state index contributed by atoms with van der Waals surface area (Å²) in [4.78, 5) is 11.4. The van der Waals surface area contributed by atoms with Gasteiger partial charge in [0.05, 0.1) is 13.2 Å². The number of carbonyl (C=O) groups excluding carboxylic acids is 1. The summed E-state index contributed by atoms with van der Waals surface area (Å²) < 4.78 is 15.7. The van der Waals surface area contributed by atoms with Crippen LogP contribution in [-0.4, -0.2) is 116 Å². The van der Waals surface area contributed by atoms with Crippen LogP contribution in [0, 0.1) is 0 Å². The highest BCUT2D eigenvalue weighted by molar-refractivity contribution is 5.73. The molecule has 0 saturated carbocycles. The topological polar surface area (TPSA) is 198 Å². The first-order valence-electron chi connectivity index (χ1n) is 8.06. The first kappa shape index (κ1) is 21.4. The number of hydrogen-bond donors (Lipinski definition) is 8. The predicted octanol–water partition coefficient (Wildman–Crippen LogP) is -5.25. The van der Waals surface area contributed by atoms with Crippen molar-refractivity contribution in [3.05, 3.63) is 0 Å². The molecule has 0 bridgehead atoms. The Labute approximate surface area is 148 Å². The fourth-order valence-corrected chi connectivity index (χ4v) is 2.96. The number of amides is 1. The van der Waals surface area contributed by atoms with Crippen LogP contribution >= 0.6 is 0 Å². The standard InChI is InChI=1S/C14H25NO11/c1-4(18)15-7-10(21)8(19)6(3-17)25-14(7)26-12-11(22)9(20)5(2-16)24-13(12)23/h5-14,16-17,19-23H,2-3H2,1H3,(H,15,18)/t5-,6-,7-,8-,9-,10-,11+,12+,13?,14?/m1/s1. The highest BCUT2D eigenvalue weighted by atomic mass is 16.7. The van der Waals surface area contributed by atoms with E-state index in [9.17, 15) is 35.4 Å². The third kappa shape index (κ3) is 4.31. The van der Waals surface area contributed by atoms with Gasteiger partial charge in [-0.2, -0.15) is 0 Å². The van der Waals surface area contributed by atoms with Gasteiger partial charge in [0.1, 0.15) is 48.8 Å². The third-order valence-corrected chi connectivity index (χ3v) is 4.38. The van der Waals surface area contributed by atoms with Crippen molar-refractivity contribution < 1.29 is 54.8 Å². The molecule has 0 spiro atoms. The normalized spacial score (nSPS) is 46.8. The minimum Gasteiger partial charge on any atom is -0.394 e. The van der Waals surface area contributed by atoms with Crippen molar-refractivity contribution in [2.24, 2.45) is 0 Å². The highest BCUT2D eigenvalue weighted by Gasteiger charge is 2.50. The molecule has 12 heteroatoms. The molecule has 8 N–H and O–H groups in total. The summed E-state index contributed by atoms with van der Waals surface area (Å²) in [6.07, 6.45) is -13.7. The average molecular weight is 383 g/mol. The number of nitrogens with one attached hydrogen (secondary N) is 1. The lowest BCUT2D eigenvalue weighted by Crippen LogP contribution is -2.67. The van der Waals surface area contributed by atoms with E-state index in [1.807, 2.05) is 0 Å². The Morgan fingerprint density at radius 2 is 1.46 bits per heavy atom. The van der Waals surface area contributed by atoms with E-state index < -0.39 is 80.5 Å². The van der Waals surface area contributed by atoms with E-state index in [0.717, 1.165) is 6.92 Å². The Hall–Kier alpha value is -0.930. The fraction of sp³-hybridized carbons (Fsp3) is 0.929. The van der Waals surface area contributed by atoms with Crippen molar-refractivity contribution in [3.8, 4) is 0 Å². The zero-order valence-corrected chi connectivity index (χ0v) is 14.0. The van der Waals surface area contributed by atoms with Crippen LogP contribution in [0.4, 0.5) is 0 Å². The van der Waals surface area contributed by atoms with Gasteiger partial charge in [-0.3, -0.25) is 4.79 Å². The van der Waals surface area contributed by atoms with E-state index in [2.05, 4.69) is 5.32 Å². The Morgan fingerprint density at radius 3 is 2.00 bits per heavy atom. The second-order valence-electron chi connectivity index (χ2n) is 6.26. The molecule has 2 fully saturated rings. The van der Waals surface area contributed by atoms with E-state index in [-0.39, 0.29) is 0 Å². The van der Waals surface area contributed by atoms with Crippen LogP contribution in [0.25, 0.3) is 0 Å². The maximum Gasteiger partial charge on any atom is 0.217 e. The maximum absolute atomic E-state index is 11.4. The van der Waals surface area contributed by atoms with E-state index in [0.29, 0.717) is 0 Å². The molecular formula is C14H25NO11. The number of carbonyl (C=O) groups is 1. The molecule has 12 nitrogen and oxygen atoms in total. The summed E-state index contributed by atoms with van der Waals surface area (Å²) in [5.74, 6) is -0.581. The first-order chi connectivity index (χ1) is 12.2. The summed E-state index contributed by atoms with van der Waals surface area (Å²) in [7, 11) is 0. The van der Waals surface area contributed by atoms with Crippen molar-refractivity contribution >= 4 is 5.91 Å². The lowest BCUT2D eigenvalue weighted by atomic mass is 9.96. The molecule has 2 saturated heterocycles. The molecule has 152 valence electrons. The van der Waals surface area contributed by atoms with E-state index in [4.69, 9.17) is 19.3 Å². The highest BCUT2D eigenvalue weighted by Crippen LogP contribution is 2.28. The molecule has 2 heterocycles. The van der Waals surface area contributed by atoms with Crippen molar-refractivity contribution in [2.45, 2.75) is 68.3 Å². The van der Waals surface area contributed by atoms with Crippen molar-refractivity contribution in [3.63, 3.8) is 0 Å². The minimum atomic E-state index is -1.76. The second-order valence-corrected chi connectivity index (χ2v) is 6.26. The molecule has 10 atom stereocenters. The summed E-state index contributed by atoms with van der Waals surface area (Å²) in [6, 6.07) is -1.29. The zero-order chi connectivity index (χ0) is 19.6. The molecule has 0 aliphatic carbocycles. The Kier molecular flexibility index (Phi) is 7.27. The Balaban J connectivity index is 2.18. The number of hydrogen-bond acceptors (Lipinski definition) is 11. The molecule has 0 aromatic carbocycles. The van der Waals surface area contributed by atoms with Gasteiger partial charge in [-0.05, 0) is 0 Å². The lowest BCUT2D eigenvalue weighted by molar-refractivity contribution is -0.348. The number of aliphatic hydroxyl groups is 7. The van der Waals surface area contributed by atoms with Crippen LogP contribution in [0.5, 0.6) is 0 Å². The quantitative estimate of drug-likeness (QED) is 0.226. The van der Waals surface area contributed by atoms with Crippen LogP contribution in [0.15, 0.2) is 0 Å². The van der Waals surface area contributed by atoms with E-state index in [1.165, 1.54) is 0 Å². The Morgan fingerprint density at radius 1 is 0.923 bits per heavy atom. The van der Waals surface area contributed by atoms with E-state index >= 15 is 0 Å². The van der Waals surface area contributed by atoms with Gasteiger partial charge in [0.15, 0.2) is 12.6 Å². The van der Waals surface area contributed by atoms with Gasteiger partial charge in [-0.25, -0.2) is 0 Å². The molecule has 0 aromatic rings. The smallest absolute Gasteiger partial charge is 0.217 e. The average Bonchev–Trinajstić information content (AvgIpc) is 2.60. The largest absolute Gasteiger partial charge is 0.394 e. The molecule has 2 aliphatic heterocycles. The molecule has 0 aromatic heterocycles. The van der Waals surface area contributed by atoms with Gasteiger partial charge >= 0.3 is 0 Å². The van der Waals surface area contributed by atoms with Gasteiger partial charge in [-0.1, -0.05) is 0 Å². The summed E-state index contributed by atoms with van der Waals surface area (Å²) in [6.45, 7) is -0.183.